The molecule has 4 aromatic rings. The van der Waals surface area contributed by atoms with E-state index in [2.05, 4.69) is 33.0 Å². The number of rotatable bonds is 8. The van der Waals surface area contributed by atoms with Gasteiger partial charge in [0.15, 0.2) is 0 Å². The quantitative estimate of drug-likeness (QED) is 0.417. The Kier molecular flexibility index (Phi) is 6.26. The van der Waals surface area contributed by atoms with E-state index >= 15 is 0 Å². The fourth-order valence-electron chi connectivity index (χ4n) is 4.53. The molecule has 1 fully saturated rings. The number of aromatic nitrogens is 2. The van der Waals surface area contributed by atoms with Crippen LogP contribution in [0.5, 0.6) is 5.75 Å². The highest BCUT2D eigenvalue weighted by Gasteiger charge is 2.24. The lowest BCUT2D eigenvalue weighted by Crippen LogP contribution is -2.28. The molecule has 1 saturated heterocycles. The fraction of sp³-hybridized carbons (Fsp3) is 0.296. The summed E-state index contributed by atoms with van der Waals surface area (Å²) in [6, 6.07) is 23.6. The van der Waals surface area contributed by atoms with Crippen LogP contribution < -0.4 is 10.1 Å². The summed E-state index contributed by atoms with van der Waals surface area (Å²) in [6.07, 6.45) is 2.11. The standard InChI is InChI=1S/C27H29FN4O/c1-33-24-12-8-20(9-13-24)14-16-31-17-15-23(19-31)29-27-30-25-4-2-3-5-26(25)32(27)18-21-6-10-22(28)11-7-21/h2-13,23H,14-19H2,1H3,(H,29,30)/t23-/m0/s1. The van der Waals surface area contributed by atoms with Crippen molar-refractivity contribution < 1.29 is 9.13 Å². The predicted octanol–water partition coefficient (Wildman–Crippen LogP) is 4.96. The molecule has 0 radical (unpaired) electrons. The Morgan fingerprint density at radius 2 is 1.76 bits per heavy atom. The number of hydrogen-bond acceptors (Lipinski definition) is 4. The van der Waals surface area contributed by atoms with Crippen LogP contribution in [0.2, 0.25) is 0 Å². The van der Waals surface area contributed by atoms with Crippen molar-refractivity contribution >= 4 is 17.0 Å². The summed E-state index contributed by atoms with van der Waals surface area (Å²) in [5, 5.41) is 3.69. The van der Waals surface area contributed by atoms with E-state index in [-0.39, 0.29) is 5.82 Å². The molecule has 2 heterocycles. The van der Waals surface area contributed by atoms with Gasteiger partial charge in [-0.2, -0.15) is 0 Å². The van der Waals surface area contributed by atoms with Gasteiger partial charge in [0.1, 0.15) is 11.6 Å². The van der Waals surface area contributed by atoms with Crippen LogP contribution in [0.3, 0.4) is 0 Å². The number of nitrogens with one attached hydrogen (secondary N) is 1. The number of halogens is 1. The number of nitrogens with zero attached hydrogens (tertiary/aromatic N) is 3. The number of imidazole rings is 1. The summed E-state index contributed by atoms with van der Waals surface area (Å²) in [7, 11) is 1.69. The number of benzene rings is 3. The molecule has 0 saturated carbocycles. The van der Waals surface area contributed by atoms with Crippen molar-refractivity contribution in [2.75, 3.05) is 32.1 Å². The van der Waals surface area contributed by atoms with Crippen molar-refractivity contribution in [3.63, 3.8) is 0 Å². The molecule has 6 heteroatoms. The monoisotopic (exact) mass is 444 g/mol. The molecule has 0 amide bonds. The average Bonchev–Trinajstić information content (AvgIpc) is 3.44. The highest BCUT2D eigenvalue weighted by Crippen LogP contribution is 2.24. The van der Waals surface area contributed by atoms with Crippen LogP contribution >= 0.6 is 0 Å². The first-order valence-corrected chi connectivity index (χ1v) is 11.5. The maximum absolute atomic E-state index is 13.4. The van der Waals surface area contributed by atoms with Gasteiger partial charge in [0.25, 0.3) is 0 Å². The van der Waals surface area contributed by atoms with Gasteiger partial charge in [0.05, 0.1) is 24.7 Å². The second-order valence-electron chi connectivity index (χ2n) is 8.67. The van der Waals surface area contributed by atoms with Gasteiger partial charge in [-0.1, -0.05) is 36.4 Å². The molecule has 0 aliphatic carbocycles. The SMILES string of the molecule is COc1ccc(CCN2CC[C@H](Nc3nc4ccccc4n3Cc3ccc(F)cc3)C2)cc1. The topological polar surface area (TPSA) is 42.3 Å². The molecule has 1 atom stereocenters. The maximum Gasteiger partial charge on any atom is 0.204 e. The first-order valence-electron chi connectivity index (χ1n) is 11.5. The summed E-state index contributed by atoms with van der Waals surface area (Å²) in [5.41, 5.74) is 4.43. The first kappa shape index (κ1) is 21.5. The Morgan fingerprint density at radius 3 is 2.55 bits per heavy atom. The van der Waals surface area contributed by atoms with E-state index in [9.17, 15) is 4.39 Å². The molecule has 1 aromatic heterocycles. The Balaban J connectivity index is 1.25. The number of para-hydroxylation sites is 2. The zero-order valence-corrected chi connectivity index (χ0v) is 18.9. The molecule has 0 unspecified atom stereocenters. The van der Waals surface area contributed by atoms with Crippen molar-refractivity contribution in [2.24, 2.45) is 0 Å². The van der Waals surface area contributed by atoms with E-state index in [4.69, 9.17) is 9.72 Å². The second-order valence-corrected chi connectivity index (χ2v) is 8.67. The van der Waals surface area contributed by atoms with E-state index in [1.807, 2.05) is 42.5 Å². The van der Waals surface area contributed by atoms with Crippen molar-refractivity contribution in [3.05, 3.63) is 89.7 Å². The predicted molar refractivity (Wildman–Crippen MR) is 130 cm³/mol. The summed E-state index contributed by atoms with van der Waals surface area (Å²) in [4.78, 5) is 7.38. The summed E-state index contributed by atoms with van der Waals surface area (Å²) >= 11 is 0. The molecule has 1 aliphatic rings. The minimum Gasteiger partial charge on any atom is -0.497 e. The molecular formula is C27H29FN4O. The molecule has 0 bridgehead atoms. The Bertz CT molecular complexity index is 1200. The minimum atomic E-state index is -0.215. The summed E-state index contributed by atoms with van der Waals surface area (Å²) in [6.45, 7) is 3.76. The first-order chi connectivity index (χ1) is 16.2. The van der Waals surface area contributed by atoms with Gasteiger partial charge in [0, 0.05) is 25.7 Å². The molecule has 5 nitrogen and oxygen atoms in total. The largest absolute Gasteiger partial charge is 0.497 e. The number of methoxy groups -OCH3 is 1. The molecule has 1 aliphatic heterocycles. The van der Waals surface area contributed by atoms with Gasteiger partial charge in [-0.05, 0) is 60.4 Å². The van der Waals surface area contributed by atoms with Gasteiger partial charge in [0.2, 0.25) is 5.95 Å². The maximum atomic E-state index is 13.4. The number of ether oxygens (including phenoxy) is 1. The highest BCUT2D eigenvalue weighted by atomic mass is 19.1. The van der Waals surface area contributed by atoms with Gasteiger partial charge in [-0.3, -0.25) is 0 Å². The van der Waals surface area contributed by atoms with Gasteiger partial charge < -0.3 is 19.5 Å². The van der Waals surface area contributed by atoms with Crippen molar-refractivity contribution in [2.45, 2.75) is 25.4 Å². The van der Waals surface area contributed by atoms with Gasteiger partial charge >= 0.3 is 0 Å². The van der Waals surface area contributed by atoms with Gasteiger partial charge in [-0.25, -0.2) is 9.37 Å². The minimum absolute atomic E-state index is 0.215. The van der Waals surface area contributed by atoms with Crippen LogP contribution in [0.1, 0.15) is 17.5 Å². The van der Waals surface area contributed by atoms with Crippen molar-refractivity contribution in [1.82, 2.24) is 14.5 Å². The Morgan fingerprint density at radius 1 is 1.00 bits per heavy atom. The van der Waals surface area contributed by atoms with Crippen LogP contribution in [0.4, 0.5) is 10.3 Å². The van der Waals surface area contributed by atoms with Crippen LogP contribution in [-0.4, -0.2) is 47.2 Å². The van der Waals surface area contributed by atoms with Crippen LogP contribution in [-0.2, 0) is 13.0 Å². The molecule has 5 rings (SSSR count). The zero-order chi connectivity index (χ0) is 22.6. The second kappa shape index (κ2) is 9.63. The van der Waals surface area contributed by atoms with Crippen LogP contribution in [0.15, 0.2) is 72.8 Å². The third kappa shape index (κ3) is 5.01. The average molecular weight is 445 g/mol. The summed E-state index contributed by atoms with van der Waals surface area (Å²) < 4.78 is 20.8. The lowest BCUT2D eigenvalue weighted by Gasteiger charge is -2.18. The molecular weight excluding hydrogens is 415 g/mol. The third-order valence-electron chi connectivity index (χ3n) is 6.39. The molecule has 3 aromatic carbocycles. The Hall–Kier alpha value is -3.38. The van der Waals surface area contributed by atoms with Crippen molar-refractivity contribution in [3.8, 4) is 5.75 Å². The molecule has 0 spiro atoms. The van der Waals surface area contributed by atoms with Crippen molar-refractivity contribution in [1.29, 1.82) is 0 Å². The van der Waals surface area contributed by atoms with E-state index < -0.39 is 0 Å². The van der Waals surface area contributed by atoms with E-state index in [1.54, 1.807) is 7.11 Å². The fourth-order valence-corrected chi connectivity index (χ4v) is 4.53. The van der Waals surface area contributed by atoms with Crippen LogP contribution in [0.25, 0.3) is 11.0 Å². The zero-order valence-electron chi connectivity index (χ0n) is 18.9. The highest BCUT2D eigenvalue weighted by molar-refractivity contribution is 5.78. The lowest BCUT2D eigenvalue weighted by molar-refractivity contribution is 0.340. The number of anilines is 1. The van der Waals surface area contributed by atoms with Crippen LogP contribution in [0, 0.1) is 5.82 Å². The number of fused-ring (bicyclic) bond motifs is 1. The molecule has 1 N–H and O–H groups in total. The normalized spacial score (nSPS) is 16.4. The smallest absolute Gasteiger partial charge is 0.204 e. The number of hydrogen-bond donors (Lipinski definition) is 1. The van der Waals surface area contributed by atoms with Gasteiger partial charge in [-0.15, -0.1) is 0 Å². The Labute approximate surface area is 193 Å². The number of likely N-dealkylation sites (tertiary alicyclic amines) is 1. The van der Waals surface area contributed by atoms with E-state index in [1.165, 1.54) is 17.7 Å². The molecule has 33 heavy (non-hydrogen) atoms. The summed E-state index contributed by atoms with van der Waals surface area (Å²) in [5.74, 6) is 1.56. The van der Waals surface area contributed by atoms with E-state index in [0.29, 0.717) is 12.6 Å². The van der Waals surface area contributed by atoms with E-state index in [0.717, 1.165) is 60.8 Å². The molecule has 170 valence electrons. The lowest BCUT2D eigenvalue weighted by atomic mass is 10.1. The third-order valence-corrected chi connectivity index (χ3v) is 6.39.